The second kappa shape index (κ2) is 5.06. The molecule has 0 radical (unpaired) electrons. The minimum absolute atomic E-state index is 0.0348. The minimum Gasteiger partial charge on any atom is -0.508 e. The number of aromatic hydroxyl groups is 1. The van der Waals surface area contributed by atoms with E-state index in [1.165, 1.54) is 12.1 Å². The number of phenolic OH excluding ortho intramolecular Hbond substituents is 1. The molecule has 0 saturated heterocycles. The lowest BCUT2D eigenvalue weighted by molar-refractivity contribution is 0.102. The summed E-state index contributed by atoms with van der Waals surface area (Å²) in [6.07, 6.45) is 0. The van der Waals surface area contributed by atoms with Gasteiger partial charge >= 0.3 is 0 Å². The van der Waals surface area contributed by atoms with Gasteiger partial charge < -0.3 is 10.4 Å². The Morgan fingerprint density at radius 3 is 2.58 bits per heavy atom. The third kappa shape index (κ3) is 2.88. The smallest absolute Gasteiger partial charge is 0.255 e. The standard InChI is InChI=1S/C14H11F2NO2/c1-8-2-3-9(6-13(8)18)14(19)17-12-7-10(15)4-5-11(12)16/h2-7,18H,1H3,(H,17,19). The van der Waals surface area contributed by atoms with E-state index in [4.69, 9.17) is 0 Å². The number of phenols is 1. The Bertz CT molecular complexity index is 641. The van der Waals surface area contributed by atoms with Crippen LogP contribution in [0.2, 0.25) is 0 Å². The molecule has 0 saturated carbocycles. The highest BCUT2D eigenvalue weighted by Crippen LogP contribution is 2.20. The molecule has 0 bridgehead atoms. The molecule has 0 fully saturated rings. The maximum Gasteiger partial charge on any atom is 0.255 e. The van der Waals surface area contributed by atoms with Crippen LogP contribution in [0.4, 0.5) is 14.5 Å². The summed E-state index contributed by atoms with van der Waals surface area (Å²) in [6, 6.07) is 7.09. The van der Waals surface area contributed by atoms with Crippen molar-refractivity contribution in [2.75, 3.05) is 5.32 Å². The first-order valence-corrected chi connectivity index (χ1v) is 5.53. The van der Waals surface area contributed by atoms with Crippen LogP contribution in [0.15, 0.2) is 36.4 Å². The van der Waals surface area contributed by atoms with Gasteiger partial charge in [0.05, 0.1) is 5.69 Å². The van der Waals surface area contributed by atoms with Crippen LogP contribution >= 0.6 is 0 Å². The van der Waals surface area contributed by atoms with Gasteiger partial charge in [-0.25, -0.2) is 8.78 Å². The van der Waals surface area contributed by atoms with Crippen molar-refractivity contribution in [2.24, 2.45) is 0 Å². The molecular weight excluding hydrogens is 252 g/mol. The number of nitrogens with one attached hydrogen (secondary N) is 1. The van der Waals surface area contributed by atoms with Crippen LogP contribution in [-0.4, -0.2) is 11.0 Å². The molecule has 0 spiro atoms. The van der Waals surface area contributed by atoms with Crippen LogP contribution in [-0.2, 0) is 0 Å². The van der Waals surface area contributed by atoms with Crippen molar-refractivity contribution < 1.29 is 18.7 Å². The molecule has 2 aromatic carbocycles. The summed E-state index contributed by atoms with van der Waals surface area (Å²) in [4.78, 5) is 11.8. The molecule has 5 heteroatoms. The fraction of sp³-hybridized carbons (Fsp3) is 0.0714. The van der Waals surface area contributed by atoms with E-state index in [2.05, 4.69) is 5.32 Å². The number of aryl methyl sites for hydroxylation is 1. The van der Waals surface area contributed by atoms with Gasteiger partial charge in [-0.3, -0.25) is 4.79 Å². The average Bonchev–Trinajstić information content (AvgIpc) is 2.37. The van der Waals surface area contributed by atoms with E-state index < -0.39 is 17.5 Å². The average molecular weight is 263 g/mol. The molecule has 0 aromatic heterocycles. The van der Waals surface area contributed by atoms with E-state index in [0.29, 0.717) is 5.56 Å². The summed E-state index contributed by atoms with van der Waals surface area (Å²) in [5.41, 5.74) is 0.533. The largest absolute Gasteiger partial charge is 0.508 e. The molecule has 0 heterocycles. The Balaban J connectivity index is 2.25. The Hall–Kier alpha value is -2.43. The van der Waals surface area contributed by atoms with Crippen LogP contribution in [0.3, 0.4) is 0 Å². The Morgan fingerprint density at radius 1 is 1.16 bits per heavy atom. The molecule has 0 atom stereocenters. The van der Waals surface area contributed by atoms with E-state index >= 15 is 0 Å². The lowest BCUT2D eigenvalue weighted by atomic mass is 10.1. The van der Waals surface area contributed by atoms with Crippen molar-refractivity contribution in [3.63, 3.8) is 0 Å². The van der Waals surface area contributed by atoms with Crippen LogP contribution in [0, 0.1) is 18.6 Å². The predicted molar refractivity (Wildman–Crippen MR) is 67.2 cm³/mol. The highest BCUT2D eigenvalue weighted by atomic mass is 19.1. The zero-order chi connectivity index (χ0) is 14.0. The van der Waals surface area contributed by atoms with E-state index in [1.54, 1.807) is 13.0 Å². The van der Waals surface area contributed by atoms with Crippen LogP contribution < -0.4 is 5.32 Å². The van der Waals surface area contributed by atoms with E-state index in [1.807, 2.05) is 0 Å². The fourth-order valence-electron chi connectivity index (χ4n) is 1.54. The summed E-state index contributed by atoms with van der Waals surface area (Å²) in [6.45, 7) is 1.68. The first-order chi connectivity index (χ1) is 8.97. The van der Waals surface area contributed by atoms with Crippen molar-refractivity contribution in [2.45, 2.75) is 6.92 Å². The number of anilines is 1. The van der Waals surface area contributed by atoms with Gasteiger partial charge in [-0.15, -0.1) is 0 Å². The quantitative estimate of drug-likeness (QED) is 0.873. The number of carbonyl (C=O) groups is 1. The van der Waals surface area contributed by atoms with Gasteiger partial charge in [0.2, 0.25) is 0 Å². The number of amides is 1. The fourth-order valence-corrected chi connectivity index (χ4v) is 1.54. The van der Waals surface area contributed by atoms with Crippen molar-refractivity contribution in [1.29, 1.82) is 0 Å². The zero-order valence-electron chi connectivity index (χ0n) is 10.1. The third-order valence-electron chi connectivity index (χ3n) is 2.65. The summed E-state index contributed by atoms with van der Waals surface area (Å²) in [5, 5.41) is 11.7. The molecule has 0 unspecified atom stereocenters. The lowest BCUT2D eigenvalue weighted by Gasteiger charge is -2.07. The summed E-state index contributed by atoms with van der Waals surface area (Å²) in [5.74, 6) is -2.04. The van der Waals surface area contributed by atoms with Gasteiger partial charge in [0, 0.05) is 11.6 Å². The number of hydrogen-bond donors (Lipinski definition) is 2. The van der Waals surface area contributed by atoms with Gasteiger partial charge in [-0.2, -0.15) is 0 Å². The molecule has 2 rings (SSSR count). The number of rotatable bonds is 2. The number of hydrogen-bond acceptors (Lipinski definition) is 2. The predicted octanol–water partition coefficient (Wildman–Crippen LogP) is 3.23. The zero-order valence-corrected chi connectivity index (χ0v) is 10.1. The van der Waals surface area contributed by atoms with Gasteiger partial charge in [-0.1, -0.05) is 6.07 Å². The van der Waals surface area contributed by atoms with Gasteiger partial charge in [0.25, 0.3) is 5.91 Å². The Labute approximate surface area is 108 Å². The van der Waals surface area contributed by atoms with E-state index in [9.17, 15) is 18.7 Å². The van der Waals surface area contributed by atoms with Gasteiger partial charge in [-0.05, 0) is 36.8 Å². The Kier molecular flexibility index (Phi) is 3.46. The maximum absolute atomic E-state index is 13.4. The van der Waals surface area contributed by atoms with Crippen molar-refractivity contribution in [3.8, 4) is 5.75 Å². The molecule has 3 nitrogen and oxygen atoms in total. The minimum atomic E-state index is -0.730. The van der Waals surface area contributed by atoms with E-state index in [0.717, 1.165) is 18.2 Å². The molecular formula is C14H11F2NO2. The summed E-state index contributed by atoms with van der Waals surface area (Å²) in [7, 11) is 0. The first kappa shape index (κ1) is 13.0. The molecule has 19 heavy (non-hydrogen) atoms. The summed E-state index contributed by atoms with van der Waals surface area (Å²) < 4.78 is 26.3. The highest BCUT2D eigenvalue weighted by Gasteiger charge is 2.11. The summed E-state index contributed by atoms with van der Waals surface area (Å²) >= 11 is 0. The first-order valence-electron chi connectivity index (χ1n) is 5.53. The highest BCUT2D eigenvalue weighted by molar-refractivity contribution is 6.04. The second-order valence-electron chi connectivity index (χ2n) is 4.08. The molecule has 2 N–H and O–H groups in total. The van der Waals surface area contributed by atoms with Gasteiger partial charge in [0.1, 0.15) is 17.4 Å². The van der Waals surface area contributed by atoms with Crippen LogP contribution in [0.25, 0.3) is 0 Å². The number of carbonyl (C=O) groups excluding carboxylic acids is 1. The van der Waals surface area contributed by atoms with Crippen molar-refractivity contribution >= 4 is 11.6 Å². The van der Waals surface area contributed by atoms with Crippen LogP contribution in [0.5, 0.6) is 5.75 Å². The number of benzene rings is 2. The normalized spacial score (nSPS) is 10.3. The van der Waals surface area contributed by atoms with Gasteiger partial charge in [0.15, 0.2) is 0 Å². The maximum atomic E-state index is 13.4. The van der Waals surface area contributed by atoms with Crippen molar-refractivity contribution in [1.82, 2.24) is 0 Å². The second-order valence-corrected chi connectivity index (χ2v) is 4.08. The lowest BCUT2D eigenvalue weighted by Crippen LogP contribution is -2.13. The van der Waals surface area contributed by atoms with Crippen molar-refractivity contribution in [3.05, 3.63) is 59.2 Å². The molecule has 98 valence electrons. The molecule has 2 aromatic rings. The third-order valence-corrected chi connectivity index (χ3v) is 2.65. The molecule has 0 aliphatic heterocycles. The Morgan fingerprint density at radius 2 is 1.89 bits per heavy atom. The topological polar surface area (TPSA) is 49.3 Å². The van der Waals surface area contributed by atoms with Crippen LogP contribution in [0.1, 0.15) is 15.9 Å². The SMILES string of the molecule is Cc1ccc(C(=O)Nc2cc(F)ccc2F)cc1O. The molecule has 1 amide bonds. The molecule has 0 aliphatic carbocycles. The number of halogens is 2. The van der Waals surface area contributed by atoms with E-state index in [-0.39, 0.29) is 17.0 Å². The monoisotopic (exact) mass is 263 g/mol. The molecule has 0 aliphatic rings.